The number of aryl methyl sites for hydroxylation is 1. The molecule has 4 rings (SSSR count). The molecule has 1 aliphatic heterocycles. The van der Waals surface area contributed by atoms with E-state index in [0.29, 0.717) is 29.4 Å². The Bertz CT molecular complexity index is 991. The van der Waals surface area contributed by atoms with Crippen molar-refractivity contribution in [2.45, 2.75) is 39.5 Å². The van der Waals surface area contributed by atoms with Crippen molar-refractivity contribution in [1.29, 1.82) is 0 Å². The minimum atomic E-state index is -0.343. The molecule has 28 heavy (non-hydrogen) atoms. The van der Waals surface area contributed by atoms with Crippen molar-refractivity contribution in [3.63, 3.8) is 0 Å². The van der Waals surface area contributed by atoms with Crippen molar-refractivity contribution >= 4 is 34.6 Å². The van der Waals surface area contributed by atoms with Crippen molar-refractivity contribution in [2.24, 2.45) is 16.8 Å². The van der Waals surface area contributed by atoms with E-state index in [1.165, 1.54) is 0 Å². The number of nitrogens with zero attached hydrogens (tertiary/aromatic N) is 2. The third-order valence-corrected chi connectivity index (χ3v) is 6.34. The SMILES string of the molecule is CC1=C(C(=O)Nc2cccc(C)n2)[C@H](c2cccs2)[C@H]2C(=O)C[C@H](C)CC2=N1. The molecule has 2 aromatic heterocycles. The van der Waals surface area contributed by atoms with Gasteiger partial charge in [-0.1, -0.05) is 19.1 Å². The molecule has 1 aliphatic carbocycles. The standard InChI is InChI=1S/C22H23N3O2S/c1-12-10-15-20(16(26)11-12)21(17-7-5-9-28-17)19(14(3)24-15)22(27)25-18-8-4-6-13(2)23-18/h4-9,12,20-21H,10-11H2,1-3H3,(H,23,25,27)/t12-,20-,21+/m1/s1. The Morgan fingerprint density at radius 3 is 2.68 bits per heavy atom. The van der Waals surface area contributed by atoms with Crippen LogP contribution in [0.4, 0.5) is 5.82 Å². The van der Waals surface area contributed by atoms with Gasteiger partial charge in [0.2, 0.25) is 0 Å². The van der Waals surface area contributed by atoms with E-state index in [2.05, 4.69) is 17.2 Å². The van der Waals surface area contributed by atoms with Crippen molar-refractivity contribution < 1.29 is 9.59 Å². The quantitative estimate of drug-likeness (QED) is 0.833. The van der Waals surface area contributed by atoms with Gasteiger partial charge in [-0.2, -0.15) is 0 Å². The molecule has 1 N–H and O–H groups in total. The lowest BCUT2D eigenvalue weighted by molar-refractivity contribution is -0.123. The summed E-state index contributed by atoms with van der Waals surface area (Å²) >= 11 is 1.58. The highest BCUT2D eigenvalue weighted by Gasteiger charge is 2.45. The Hall–Kier alpha value is -2.60. The Morgan fingerprint density at radius 1 is 1.14 bits per heavy atom. The van der Waals surface area contributed by atoms with Gasteiger partial charge in [-0.05, 0) is 49.8 Å². The first-order valence-corrected chi connectivity index (χ1v) is 10.4. The van der Waals surface area contributed by atoms with E-state index in [1.54, 1.807) is 17.4 Å². The van der Waals surface area contributed by atoms with Crippen molar-refractivity contribution in [3.8, 4) is 0 Å². The fraction of sp³-hybridized carbons (Fsp3) is 0.364. The molecule has 2 aromatic rings. The number of nitrogens with one attached hydrogen (secondary N) is 1. The van der Waals surface area contributed by atoms with E-state index in [4.69, 9.17) is 4.99 Å². The van der Waals surface area contributed by atoms with E-state index >= 15 is 0 Å². The number of fused-ring (bicyclic) bond motifs is 1. The first kappa shape index (κ1) is 18.7. The monoisotopic (exact) mass is 393 g/mol. The fourth-order valence-electron chi connectivity index (χ4n) is 4.25. The number of hydrogen-bond donors (Lipinski definition) is 1. The maximum atomic E-state index is 13.3. The number of aromatic nitrogens is 1. The molecule has 1 saturated carbocycles. The van der Waals surface area contributed by atoms with Crippen LogP contribution in [-0.4, -0.2) is 22.4 Å². The predicted octanol–water partition coefficient (Wildman–Crippen LogP) is 4.52. The number of ketones is 1. The highest BCUT2D eigenvalue weighted by atomic mass is 32.1. The Balaban J connectivity index is 1.77. The molecule has 0 unspecified atom stereocenters. The number of thiophene rings is 1. The van der Waals surface area contributed by atoms with Gasteiger partial charge in [0, 0.05) is 39.9 Å². The Labute approximate surface area is 168 Å². The molecular formula is C22H23N3O2S. The van der Waals surface area contributed by atoms with Gasteiger partial charge in [0.05, 0.1) is 5.92 Å². The average Bonchev–Trinajstić information content (AvgIpc) is 3.14. The van der Waals surface area contributed by atoms with Crippen molar-refractivity contribution in [1.82, 2.24) is 4.98 Å². The Kier molecular flexibility index (Phi) is 4.98. The van der Waals surface area contributed by atoms with E-state index in [9.17, 15) is 9.59 Å². The first-order chi connectivity index (χ1) is 13.4. The summed E-state index contributed by atoms with van der Waals surface area (Å²) in [6.07, 6.45) is 1.35. The number of Topliss-reactive ketones (excluding diaryl/α,β-unsaturated/α-hetero) is 1. The lowest BCUT2D eigenvalue weighted by Crippen LogP contribution is -2.41. The van der Waals surface area contributed by atoms with Gasteiger partial charge in [0.15, 0.2) is 0 Å². The summed E-state index contributed by atoms with van der Waals surface area (Å²) in [5, 5.41) is 4.90. The molecular weight excluding hydrogens is 370 g/mol. The van der Waals surface area contributed by atoms with Crippen LogP contribution in [0.2, 0.25) is 0 Å². The zero-order valence-electron chi connectivity index (χ0n) is 16.2. The fourth-order valence-corrected chi connectivity index (χ4v) is 5.12. The number of rotatable bonds is 3. The van der Waals surface area contributed by atoms with Crippen LogP contribution in [0.25, 0.3) is 0 Å². The maximum Gasteiger partial charge on any atom is 0.255 e. The van der Waals surface area contributed by atoms with Crippen molar-refractivity contribution in [3.05, 3.63) is 57.6 Å². The average molecular weight is 394 g/mol. The minimum absolute atomic E-state index is 0.183. The molecule has 2 aliphatic rings. The van der Waals surface area contributed by atoms with Crippen LogP contribution in [0.3, 0.4) is 0 Å². The number of carbonyl (C=O) groups excluding carboxylic acids is 2. The number of hydrogen-bond acceptors (Lipinski definition) is 5. The third-order valence-electron chi connectivity index (χ3n) is 5.38. The summed E-state index contributed by atoms with van der Waals surface area (Å²) in [5.41, 5.74) is 3.02. The molecule has 0 bridgehead atoms. The predicted molar refractivity (Wildman–Crippen MR) is 112 cm³/mol. The van der Waals surface area contributed by atoms with Crippen LogP contribution in [0.5, 0.6) is 0 Å². The second-order valence-electron chi connectivity index (χ2n) is 7.67. The van der Waals surface area contributed by atoms with Crippen LogP contribution in [0, 0.1) is 18.8 Å². The molecule has 1 fully saturated rings. The van der Waals surface area contributed by atoms with Crippen LogP contribution < -0.4 is 5.32 Å². The van der Waals surface area contributed by atoms with Crippen LogP contribution >= 0.6 is 11.3 Å². The summed E-state index contributed by atoms with van der Waals surface area (Å²) in [5.74, 6) is 0.132. The van der Waals surface area contributed by atoms with Gasteiger partial charge < -0.3 is 5.32 Å². The van der Waals surface area contributed by atoms with E-state index in [0.717, 1.165) is 22.7 Å². The second-order valence-corrected chi connectivity index (χ2v) is 8.65. The number of pyridine rings is 1. The van der Waals surface area contributed by atoms with E-state index in [1.807, 2.05) is 43.5 Å². The molecule has 3 atom stereocenters. The topological polar surface area (TPSA) is 71.4 Å². The molecule has 6 heteroatoms. The first-order valence-electron chi connectivity index (χ1n) is 9.53. The molecule has 3 heterocycles. The van der Waals surface area contributed by atoms with E-state index in [-0.39, 0.29) is 23.5 Å². The summed E-state index contributed by atoms with van der Waals surface area (Å²) in [4.78, 5) is 36.4. The lowest BCUT2D eigenvalue weighted by atomic mass is 9.69. The maximum absolute atomic E-state index is 13.3. The summed E-state index contributed by atoms with van der Waals surface area (Å²) in [7, 11) is 0. The highest BCUT2D eigenvalue weighted by molar-refractivity contribution is 7.10. The third kappa shape index (κ3) is 3.44. The van der Waals surface area contributed by atoms with Crippen LogP contribution in [0.1, 0.15) is 43.2 Å². The largest absolute Gasteiger partial charge is 0.307 e. The molecule has 0 saturated heterocycles. The number of aliphatic imine (C=N–C) groups is 1. The van der Waals surface area contributed by atoms with Crippen LogP contribution in [0.15, 0.2) is 52.0 Å². The normalized spacial score (nSPS) is 24.6. The van der Waals surface area contributed by atoms with Gasteiger partial charge >= 0.3 is 0 Å². The van der Waals surface area contributed by atoms with Crippen LogP contribution in [-0.2, 0) is 9.59 Å². The zero-order chi connectivity index (χ0) is 19.8. The summed E-state index contributed by atoms with van der Waals surface area (Å²) in [6, 6.07) is 9.49. The van der Waals surface area contributed by atoms with Gasteiger partial charge in [-0.3, -0.25) is 14.6 Å². The number of carbonyl (C=O) groups is 2. The van der Waals surface area contributed by atoms with Gasteiger partial charge in [0.25, 0.3) is 5.91 Å². The lowest BCUT2D eigenvalue weighted by Gasteiger charge is -2.37. The second kappa shape index (κ2) is 7.43. The minimum Gasteiger partial charge on any atom is -0.307 e. The van der Waals surface area contributed by atoms with Gasteiger partial charge in [-0.15, -0.1) is 11.3 Å². The van der Waals surface area contributed by atoms with Crippen molar-refractivity contribution in [2.75, 3.05) is 5.32 Å². The molecule has 5 nitrogen and oxygen atoms in total. The molecule has 144 valence electrons. The molecule has 0 aromatic carbocycles. The van der Waals surface area contributed by atoms with Gasteiger partial charge in [0.1, 0.15) is 11.6 Å². The highest BCUT2D eigenvalue weighted by Crippen LogP contribution is 2.45. The molecule has 0 radical (unpaired) electrons. The zero-order valence-corrected chi connectivity index (χ0v) is 17.0. The molecule has 0 spiro atoms. The number of allylic oxidation sites excluding steroid dienone is 1. The molecule has 1 amide bonds. The smallest absolute Gasteiger partial charge is 0.255 e. The summed E-state index contributed by atoms with van der Waals surface area (Å²) in [6.45, 7) is 5.83. The number of anilines is 1. The van der Waals surface area contributed by atoms with E-state index < -0.39 is 0 Å². The Morgan fingerprint density at radius 2 is 1.96 bits per heavy atom. The number of amides is 1. The van der Waals surface area contributed by atoms with Gasteiger partial charge in [-0.25, -0.2) is 4.98 Å². The summed E-state index contributed by atoms with van der Waals surface area (Å²) < 4.78 is 0.